The lowest BCUT2D eigenvalue weighted by Gasteiger charge is -2.01. The Labute approximate surface area is 90.9 Å². The number of nitrogens with one attached hydrogen (secondary N) is 1. The first kappa shape index (κ1) is 10.4. The first-order valence-electron chi connectivity index (χ1n) is 4.92. The number of aromatic nitrogens is 1. The Kier molecular flexibility index (Phi) is 2.44. The molecule has 82 valence electrons. The van der Waals surface area contributed by atoms with Gasteiger partial charge in [-0.3, -0.25) is 14.9 Å². The van der Waals surface area contributed by atoms with Crippen molar-refractivity contribution in [2.24, 2.45) is 0 Å². The molecule has 5 heteroatoms. The quantitative estimate of drug-likeness (QED) is 0.618. The Morgan fingerprint density at radius 1 is 1.38 bits per heavy atom. The lowest BCUT2D eigenvalue weighted by molar-refractivity contribution is -0.383. The van der Waals surface area contributed by atoms with E-state index in [-0.39, 0.29) is 11.2 Å². The predicted molar refractivity (Wildman–Crippen MR) is 60.6 cm³/mol. The fraction of sp³-hybridized carbons (Fsp3) is 0.182. The number of nitro benzene ring substituents is 1. The molecule has 1 aromatic heterocycles. The van der Waals surface area contributed by atoms with Crippen molar-refractivity contribution in [3.05, 3.63) is 50.4 Å². The number of non-ortho nitro benzene ring substituents is 1. The van der Waals surface area contributed by atoms with Crippen LogP contribution in [0.4, 0.5) is 5.69 Å². The third kappa shape index (κ3) is 1.56. The highest BCUT2D eigenvalue weighted by atomic mass is 16.6. The van der Waals surface area contributed by atoms with Crippen molar-refractivity contribution >= 4 is 16.5 Å². The molecule has 0 fully saturated rings. The zero-order chi connectivity index (χ0) is 11.7. The summed E-state index contributed by atoms with van der Waals surface area (Å²) in [5.41, 5.74) is 0.392. The Hall–Kier alpha value is -2.17. The molecule has 0 aliphatic heterocycles. The standard InChI is InChI=1S/C11H10N2O3/c1-2-7-6-9-8(11(14)12-7)4-3-5-10(9)13(15)16/h3-6H,2H2,1H3,(H,12,14). The van der Waals surface area contributed by atoms with E-state index >= 15 is 0 Å². The molecule has 0 bridgehead atoms. The van der Waals surface area contributed by atoms with Crippen LogP contribution in [0.5, 0.6) is 0 Å². The number of nitro groups is 1. The van der Waals surface area contributed by atoms with Crippen molar-refractivity contribution in [3.63, 3.8) is 0 Å². The van der Waals surface area contributed by atoms with Gasteiger partial charge >= 0.3 is 0 Å². The number of fused-ring (bicyclic) bond motifs is 1. The molecular formula is C11H10N2O3. The van der Waals surface area contributed by atoms with E-state index in [0.29, 0.717) is 22.9 Å². The van der Waals surface area contributed by atoms with Crippen molar-refractivity contribution < 1.29 is 4.92 Å². The molecular weight excluding hydrogens is 208 g/mol. The minimum atomic E-state index is -0.471. The van der Waals surface area contributed by atoms with E-state index in [0.717, 1.165) is 0 Å². The molecule has 5 nitrogen and oxygen atoms in total. The first-order chi connectivity index (χ1) is 7.63. The molecule has 1 heterocycles. The molecule has 16 heavy (non-hydrogen) atoms. The minimum absolute atomic E-state index is 0.0294. The second-order valence-electron chi connectivity index (χ2n) is 3.47. The molecule has 2 rings (SSSR count). The summed E-state index contributed by atoms with van der Waals surface area (Å²) >= 11 is 0. The van der Waals surface area contributed by atoms with E-state index in [4.69, 9.17) is 0 Å². The molecule has 0 aliphatic carbocycles. The van der Waals surface area contributed by atoms with Gasteiger partial charge in [0.2, 0.25) is 0 Å². The number of hydrogen-bond donors (Lipinski definition) is 1. The van der Waals surface area contributed by atoms with Gasteiger partial charge in [-0.2, -0.15) is 0 Å². The van der Waals surface area contributed by atoms with Crippen molar-refractivity contribution in [2.45, 2.75) is 13.3 Å². The highest BCUT2D eigenvalue weighted by molar-refractivity contribution is 5.90. The average Bonchev–Trinajstić information content (AvgIpc) is 2.28. The molecule has 0 radical (unpaired) electrons. The fourth-order valence-corrected chi connectivity index (χ4v) is 1.68. The van der Waals surface area contributed by atoms with Gasteiger partial charge in [-0.15, -0.1) is 0 Å². The number of aryl methyl sites for hydroxylation is 1. The van der Waals surface area contributed by atoms with E-state index < -0.39 is 4.92 Å². The van der Waals surface area contributed by atoms with Crippen LogP contribution in [-0.2, 0) is 6.42 Å². The van der Waals surface area contributed by atoms with Gasteiger partial charge in [0.05, 0.1) is 15.7 Å². The van der Waals surface area contributed by atoms with Gasteiger partial charge in [-0.25, -0.2) is 0 Å². The number of rotatable bonds is 2. The van der Waals surface area contributed by atoms with Crippen LogP contribution in [0.15, 0.2) is 29.1 Å². The summed E-state index contributed by atoms with van der Waals surface area (Å²) in [6, 6.07) is 6.16. The molecule has 1 N–H and O–H groups in total. The highest BCUT2D eigenvalue weighted by Gasteiger charge is 2.13. The molecule has 0 spiro atoms. The second kappa shape index (κ2) is 3.77. The third-order valence-electron chi connectivity index (χ3n) is 2.50. The van der Waals surface area contributed by atoms with Crippen LogP contribution in [0.3, 0.4) is 0 Å². The second-order valence-corrected chi connectivity index (χ2v) is 3.47. The summed E-state index contributed by atoms with van der Waals surface area (Å²) in [7, 11) is 0. The summed E-state index contributed by atoms with van der Waals surface area (Å²) in [4.78, 5) is 24.7. The Bertz CT molecular complexity index is 616. The topological polar surface area (TPSA) is 76.0 Å². The Balaban J connectivity index is 2.90. The number of hydrogen-bond acceptors (Lipinski definition) is 3. The SMILES string of the molecule is CCc1cc2c([N+](=O)[O-])cccc2c(=O)[nH]1. The van der Waals surface area contributed by atoms with Crippen LogP contribution in [0.25, 0.3) is 10.8 Å². The van der Waals surface area contributed by atoms with Crippen LogP contribution < -0.4 is 5.56 Å². The lowest BCUT2D eigenvalue weighted by Crippen LogP contribution is -2.09. The van der Waals surface area contributed by atoms with Crippen LogP contribution in [0, 0.1) is 10.1 Å². The number of H-pyrrole nitrogens is 1. The van der Waals surface area contributed by atoms with E-state index in [1.54, 1.807) is 12.1 Å². The van der Waals surface area contributed by atoms with Crippen LogP contribution in [-0.4, -0.2) is 9.91 Å². The molecule has 0 unspecified atom stereocenters. The summed E-state index contributed by atoms with van der Waals surface area (Å²) < 4.78 is 0. The van der Waals surface area contributed by atoms with Gasteiger partial charge in [0.1, 0.15) is 0 Å². The van der Waals surface area contributed by atoms with Crippen LogP contribution in [0.1, 0.15) is 12.6 Å². The van der Waals surface area contributed by atoms with Crippen molar-refractivity contribution in [1.82, 2.24) is 4.98 Å². The van der Waals surface area contributed by atoms with Gasteiger partial charge in [-0.05, 0) is 18.6 Å². The largest absolute Gasteiger partial charge is 0.326 e. The molecule has 2 aromatic rings. The number of nitrogens with zero attached hydrogens (tertiary/aromatic N) is 1. The molecule has 0 saturated carbocycles. The molecule has 1 aromatic carbocycles. The maximum Gasteiger partial charge on any atom is 0.277 e. The monoisotopic (exact) mass is 218 g/mol. The fourth-order valence-electron chi connectivity index (χ4n) is 1.68. The van der Waals surface area contributed by atoms with Crippen LogP contribution >= 0.6 is 0 Å². The van der Waals surface area contributed by atoms with E-state index in [1.165, 1.54) is 12.1 Å². The van der Waals surface area contributed by atoms with Crippen molar-refractivity contribution in [3.8, 4) is 0 Å². The summed E-state index contributed by atoms with van der Waals surface area (Å²) in [5, 5.41) is 11.6. The maximum atomic E-state index is 11.7. The van der Waals surface area contributed by atoms with Gasteiger partial charge in [0, 0.05) is 11.8 Å². The van der Waals surface area contributed by atoms with Gasteiger partial charge in [-0.1, -0.05) is 13.0 Å². The summed E-state index contributed by atoms with van der Waals surface area (Å²) in [6.07, 6.45) is 0.636. The van der Waals surface area contributed by atoms with Gasteiger partial charge < -0.3 is 4.98 Å². The molecule has 0 atom stereocenters. The number of aromatic amines is 1. The Morgan fingerprint density at radius 3 is 2.75 bits per heavy atom. The van der Waals surface area contributed by atoms with Crippen molar-refractivity contribution in [2.75, 3.05) is 0 Å². The van der Waals surface area contributed by atoms with Gasteiger partial charge in [0.15, 0.2) is 0 Å². The molecule has 0 aliphatic rings. The average molecular weight is 218 g/mol. The van der Waals surface area contributed by atoms with E-state index in [1.807, 2.05) is 6.92 Å². The summed E-state index contributed by atoms with van der Waals surface area (Å²) in [5.74, 6) is 0. The molecule has 0 saturated heterocycles. The van der Waals surface area contributed by atoms with E-state index in [2.05, 4.69) is 4.98 Å². The van der Waals surface area contributed by atoms with Gasteiger partial charge in [0.25, 0.3) is 11.2 Å². The maximum absolute atomic E-state index is 11.7. The number of benzene rings is 1. The molecule has 0 amide bonds. The first-order valence-corrected chi connectivity index (χ1v) is 4.92. The third-order valence-corrected chi connectivity index (χ3v) is 2.50. The Morgan fingerprint density at radius 2 is 2.12 bits per heavy atom. The predicted octanol–water partition coefficient (Wildman–Crippen LogP) is 2.00. The number of pyridine rings is 1. The zero-order valence-corrected chi connectivity index (χ0v) is 8.69. The summed E-state index contributed by atoms with van der Waals surface area (Å²) in [6.45, 7) is 1.88. The van der Waals surface area contributed by atoms with Crippen LogP contribution in [0.2, 0.25) is 0 Å². The lowest BCUT2D eigenvalue weighted by atomic mass is 10.1. The zero-order valence-electron chi connectivity index (χ0n) is 8.69. The minimum Gasteiger partial charge on any atom is -0.326 e. The normalized spacial score (nSPS) is 10.6. The smallest absolute Gasteiger partial charge is 0.277 e. The van der Waals surface area contributed by atoms with E-state index in [9.17, 15) is 14.9 Å². The van der Waals surface area contributed by atoms with Crippen molar-refractivity contribution in [1.29, 1.82) is 0 Å². The highest BCUT2D eigenvalue weighted by Crippen LogP contribution is 2.23.